The number of rotatable bonds is 5. The molecule has 98 valence electrons. The van der Waals surface area contributed by atoms with Crippen molar-refractivity contribution in [3.8, 4) is 0 Å². The molecule has 0 radical (unpaired) electrons. The SMILES string of the molecule is CC(NC(=O)NC(C)(C)C1CC1)C(C)C(=O)O. The second-order valence-electron chi connectivity index (χ2n) is 5.51. The van der Waals surface area contributed by atoms with Gasteiger partial charge >= 0.3 is 12.0 Å². The number of hydrogen-bond acceptors (Lipinski definition) is 2. The lowest BCUT2D eigenvalue weighted by molar-refractivity contribution is -0.141. The van der Waals surface area contributed by atoms with Crippen LogP contribution in [-0.2, 0) is 4.79 Å². The molecule has 2 amide bonds. The Kier molecular flexibility index (Phi) is 4.01. The molecule has 0 aromatic rings. The normalized spacial score (nSPS) is 19.3. The molecule has 0 aromatic carbocycles. The van der Waals surface area contributed by atoms with Crippen LogP contribution in [0.1, 0.15) is 40.5 Å². The quantitative estimate of drug-likeness (QED) is 0.685. The summed E-state index contributed by atoms with van der Waals surface area (Å²) in [4.78, 5) is 22.5. The zero-order valence-electron chi connectivity index (χ0n) is 10.9. The average Bonchev–Trinajstić information content (AvgIpc) is 2.97. The van der Waals surface area contributed by atoms with Crippen LogP contribution in [0.15, 0.2) is 0 Å². The van der Waals surface area contributed by atoms with Gasteiger partial charge in [0.1, 0.15) is 0 Å². The molecule has 0 spiro atoms. The molecule has 17 heavy (non-hydrogen) atoms. The van der Waals surface area contributed by atoms with Gasteiger partial charge in [0.15, 0.2) is 0 Å². The van der Waals surface area contributed by atoms with Crippen molar-refractivity contribution in [3.63, 3.8) is 0 Å². The molecule has 1 saturated carbocycles. The van der Waals surface area contributed by atoms with Crippen molar-refractivity contribution in [1.82, 2.24) is 10.6 Å². The molecule has 0 heterocycles. The van der Waals surface area contributed by atoms with E-state index in [0.717, 1.165) is 12.8 Å². The number of urea groups is 1. The maximum absolute atomic E-state index is 11.7. The largest absolute Gasteiger partial charge is 0.481 e. The molecule has 5 heteroatoms. The van der Waals surface area contributed by atoms with Crippen LogP contribution >= 0.6 is 0 Å². The first-order chi connectivity index (χ1) is 7.74. The smallest absolute Gasteiger partial charge is 0.315 e. The van der Waals surface area contributed by atoms with Crippen LogP contribution < -0.4 is 10.6 Å². The van der Waals surface area contributed by atoms with Gasteiger partial charge in [0.25, 0.3) is 0 Å². The van der Waals surface area contributed by atoms with Crippen molar-refractivity contribution >= 4 is 12.0 Å². The average molecular weight is 242 g/mol. The number of carboxylic acid groups (broad SMARTS) is 1. The third-order valence-electron chi connectivity index (χ3n) is 3.53. The summed E-state index contributed by atoms with van der Waals surface area (Å²) in [5.41, 5.74) is -0.212. The fourth-order valence-electron chi connectivity index (χ4n) is 1.78. The maximum atomic E-state index is 11.7. The maximum Gasteiger partial charge on any atom is 0.315 e. The highest BCUT2D eigenvalue weighted by Crippen LogP contribution is 2.39. The molecule has 1 fully saturated rings. The molecule has 0 aromatic heterocycles. The molecule has 1 aliphatic carbocycles. The summed E-state index contributed by atoms with van der Waals surface area (Å²) in [6, 6.07) is -0.676. The van der Waals surface area contributed by atoms with E-state index in [1.807, 2.05) is 13.8 Å². The number of amides is 2. The number of nitrogens with one attached hydrogen (secondary N) is 2. The predicted octanol–water partition coefficient (Wildman–Crippen LogP) is 1.58. The minimum Gasteiger partial charge on any atom is -0.481 e. The monoisotopic (exact) mass is 242 g/mol. The highest BCUT2D eigenvalue weighted by atomic mass is 16.4. The summed E-state index contributed by atoms with van der Waals surface area (Å²) in [6.07, 6.45) is 2.29. The van der Waals surface area contributed by atoms with E-state index in [1.54, 1.807) is 13.8 Å². The minimum atomic E-state index is -0.903. The fraction of sp³-hybridized carbons (Fsp3) is 0.833. The van der Waals surface area contributed by atoms with Crippen LogP contribution in [0.3, 0.4) is 0 Å². The Balaban J connectivity index is 2.41. The van der Waals surface area contributed by atoms with Gasteiger partial charge in [-0.1, -0.05) is 0 Å². The van der Waals surface area contributed by atoms with Crippen LogP contribution in [0.25, 0.3) is 0 Å². The highest BCUT2D eigenvalue weighted by molar-refractivity contribution is 5.77. The molecule has 1 aliphatic rings. The minimum absolute atomic E-state index is 0.212. The standard InChI is InChI=1S/C12H22N2O3/c1-7(10(15)16)8(2)13-11(17)14-12(3,4)9-5-6-9/h7-9H,5-6H2,1-4H3,(H,15,16)(H2,13,14,17). The van der Waals surface area contributed by atoms with E-state index in [0.29, 0.717) is 5.92 Å². The molecule has 0 saturated heterocycles. The lowest BCUT2D eigenvalue weighted by atomic mass is 9.99. The Morgan fingerprint density at radius 1 is 1.29 bits per heavy atom. The van der Waals surface area contributed by atoms with Crippen molar-refractivity contribution in [1.29, 1.82) is 0 Å². The Morgan fingerprint density at radius 2 is 1.82 bits per heavy atom. The Hall–Kier alpha value is -1.26. The van der Waals surface area contributed by atoms with Crippen molar-refractivity contribution < 1.29 is 14.7 Å². The second-order valence-corrected chi connectivity index (χ2v) is 5.51. The molecule has 0 aliphatic heterocycles. The third kappa shape index (κ3) is 3.91. The van der Waals surface area contributed by atoms with E-state index in [4.69, 9.17) is 5.11 Å². The van der Waals surface area contributed by atoms with Gasteiger partial charge in [0.05, 0.1) is 5.92 Å². The first-order valence-electron chi connectivity index (χ1n) is 6.05. The second kappa shape index (κ2) is 4.94. The van der Waals surface area contributed by atoms with Crippen molar-refractivity contribution in [2.75, 3.05) is 0 Å². The Labute approximate surface area is 102 Å². The van der Waals surface area contributed by atoms with Gasteiger partial charge in [-0.05, 0) is 46.5 Å². The number of aliphatic carboxylic acids is 1. The van der Waals surface area contributed by atoms with Crippen LogP contribution in [0.5, 0.6) is 0 Å². The van der Waals surface area contributed by atoms with Crippen molar-refractivity contribution in [2.45, 2.75) is 52.1 Å². The summed E-state index contributed by atoms with van der Waals surface area (Å²) >= 11 is 0. The third-order valence-corrected chi connectivity index (χ3v) is 3.53. The lowest BCUT2D eigenvalue weighted by Crippen LogP contribution is -2.53. The van der Waals surface area contributed by atoms with Gasteiger partial charge in [0, 0.05) is 11.6 Å². The number of carbonyl (C=O) groups is 2. The van der Waals surface area contributed by atoms with E-state index in [2.05, 4.69) is 10.6 Å². The molecule has 3 N–H and O–H groups in total. The van der Waals surface area contributed by atoms with Gasteiger partial charge in [-0.25, -0.2) is 4.79 Å². The molecular formula is C12H22N2O3. The van der Waals surface area contributed by atoms with E-state index in [1.165, 1.54) is 0 Å². The van der Waals surface area contributed by atoms with Crippen molar-refractivity contribution in [2.24, 2.45) is 11.8 Å². The van der Waals surface area contributed by atoms with E-state index in [9.17, 15) is 9.59 Å². The summed E-state index contributed by atoms with van der Waals surface area (Å²) < 4.78 is 0. The molecular weight excluding hydrogens is 220 g/mol. The summed E-state index contributed by atoms with van der Waals surface area (Å²) in [5, 5.41) is 14.4. The highest BCUT2D eigenvalue weighted by Gasteiger charge is 2.39. The molecule has 0 bridgehead atoms. The van der Waals surface area contributed by atoms with Gasteiger partial charge in [0.2, 0.25) is 0 Å². The summed E-state index contributed by atoms with van der Waals surface area (Å²) in [7, 11) is 0. The summed E-state index contributed by atoms with van der Waals surface area (Å²) in [5.74, 6) is -0.954. The van der Waals surface area contributed by atoms with Gasteiger partial charge < -0.3 is 15.7 Å². The Bertz CT molecular complexity index is 311. The van der Waals surface area contributed by atoms with Crippen LogP contribution in [0.2, 0.25) is 0 Å². The first-order valence-corrected chi connectivity index (χ1v) is 6.05. The van der Waals surface area contributed by atoms with E-state index in [-0.39, 0.29) is 17.6 Å². The van der Waals surface area contributed by atoms with Gasteiger partial charge in [-0.15, -0.1) is 0 Å². The molecule has 5 nitrogen and oxygen atoms in total. The lowest BCUT2D eigenvalue weighted by Gasteiger charge is -2.28. The zero-order valence-corrected chi connectivity index (χ0v) is 10.9. The number of hydrogen-bond donors (Lipinski definition) is 3. The summed E-state index contributed by atoms with van der Waals surface area (Å²) in [6.45, 7) is 7.27. The van der Waals surface area contributed by atoms with Crippen LogP contribution in [-0.4, -0.2) is 28.7 Å². The van der Waals surface area contributed by atoms with Gasteiger partial charge in [-0.2, -0.15) is 0 Å². The van der Waals surface area contributed by atoms with E-state index >= 15 is 0 Å². The van der Waals surface area contributed by atoms with Gasteiger partial charge in [-0.3, -0.25) is 4.79 Å². The number of carboxylic acids is 1. The Morgan fingerprint density at radius 3 is 2.24 bits per heavy atom. The van der Waals surface area contributed by atoms with Crippen molar-refractivity contribution in [3.05, 3.63) is 0 Å². The van der Waals surface area contributed by atoms with Crippen LogP contribution in [0, 0.1) is 11.8 Å². The molecule has 1 rings (SSSR count). The first kappa shape index (κ1) is 13.8. The predicted molar refractivity (Wildman–Crippen MR) is 64.7 cm³/mol. The van der Waals surface area contributed by atoms with Crippen LogP contribution in [0.4, 0.5) is 4.79 Å². The van der Waals surface area contributed by atoms with E-state index < -0.39 is 11.9 Å². The zero-order chi connectivity index (χ0) is 13.2. The topological polar surface area (TPSA) is 78.4 Å². The number of carbonyl (C=O) groups excluding carboxylic acids is 1. The molecule has 2 atom stereocenters. The fourth-order valence-corrected chi connectivity index (χ4v) is 1.78. The molecule has 2 unspecified atom stereocenters.